The molecule has 5 nitrogen and oxygen atoms in total. The molecule has 2 amide bonds. The van der Waals surface area contributed by atoms with Crippen molar-refractivity contribution in [1.29, 1.82) is 0 Å². The minimum atomic E-state index is -0.252. The molecule has 3 aromatic carbocycles. The standard InChI is InChI=1S/C28H30N2O3/c1-29(18-22-11-5-2-6-12-22)28(32)25-17-24(23-13-7-3-8-14-23)19-30(20-25)27(31)21-33-26-15-9-4-10-16-26/h2-16,24-25H,17-21H2,1H3. The summed E-state index contributed by atoms with van der Waals surface area (Å²) in [5.74, 6) is 0.500. The van der Waals surface area contributed by atoms with Crippen LogP contribution in [0.25, 0.3) is 0 Å². The highest BCUT2D eigenvalue weighted by atomic mass is 16.5. The number of carbonyl (C=O) groups is 2. The smallest absolute Gasteiger partial charge is 0.260 e. The molecule has 0 aromatic heterocycles. The lowest BCUT2D eigenvalue weighted by Gasteiger charge is -2.38. The van der Waals surface area contributed by atoms with Crippen LogP contribution in [0.3, 0.4) is 0 Å². The molecule has 2 unspecified atom stereocenters. The fourth-order valence-corrected chi connectivity index (χ4v) is 4.45. The van der Waals surface area contributed by atoms with E-state index in [9.17, 15) is 9.59 Å². The maximum Gasteiger partial charge on any atom is 0.260 e. The van der Waals surface area contributed by atoms with Gasteiger partial charge < -0.3 is 14.5 Å². The number of likely N-dealkylation sites (tertiary alicyclic amines) is 1. The summed E-state index contributed by atoms with van der Waals surface area (Å²) in [6.45, 7) is 1.52. The molecular weight excluding hydrogens is 412 g/mol. The predicted octanol–water partition coefficient (Wildman–Crippen LogP) is 4.36. The number of ether oxygens (including phenoxy) is 1. The second kappa shape index (κ2) is 10.8. The van der Waals surface area contributed by atoms with Gasteiger partial charge in [0.2, 0.25) is 5.91 Å². The van der Waals surface area contributed by atoms with Crippen LogP contribution in [-0.2, 0) is 16.1 Å². The average molecular weight is 443 g/mol. The normalized spacial score (nSPS) is 17.9. The van der Waals surface area contributed by atoms with Crippen LogP contribution in [0.15, 0.2) is 91.0 Å². The highest BCUT2D eigenvalue weighted by Gasteiger charge is 2.35. The lowest BCUT2D eigenvalue weighted by atomic mass is 9.83. The first-order chi connectivity index (χ1) is 16.1. The molecule has 0 radical (unpaired) electrons. The fraction of sp³-hybridized carbons (Fsp3) is 0.286. The monoisotopic (exact) mass is 442 g/mol. The first-order valence-electron chi connectivity index (χ1n) is 11.4. The van der Waals surface area contributed by atoms with Gasteiger partial charge in [-0.1, -0.05) is 78.9 Å². The van der Waals surface area contributed by atoms with Crippen LogP contribution < -0.4 is 4.74 Å². The van der Waals surface area contributed by atoms with Crippen molar-refractivity contribution >= 4 is 11.8 Å². The van der Waals surface area contributed by atoms with Crippen LogP contribution in [0, 0.1) is 5.92 Å². The van der Waals surface area contributed by atoms with Crippen LogP contribution in [0.4, 0.5) is 0 Å². The summed E-state index contributed by atoms with van der Waals surface area (Å²) in [6, 6.07) is 29.5. The zero-order chi connectivity index (χ0) is 23.0. The molecule has 0 N–H and O–H groups in total. The quantitative estimate of drug-likeness (QED) is 0.546. The molecule has 0 aliphatic carbocycles. The van der Waals surface area contributed by atoms with Gasteiger partial charge in [-0.15, -0.1) is 0 Å². The summed E-state index contributed by atoms with van der Waals surface area (Å²) in [5, 5.41) is 0. The maximum atomic E-state index is 13.4. The van der Waals surface area contributed by atoms with Crippen LogP contribution in [0.2, 0.25) is 0 Å². The Morgan fingerprint density at radius 3 is 2.15 bits per heavy atom. The molecule has 1 heterocycles. The second-order valence-corrected chi connectivity index (χ2v) is 8.62. The molecule has 2 atom stereocenters. The van der Waals surface area contributed by atoms with E-state index in [1.54, 1.807) is 9.80 Å². The summed E-state index contributed by atoms with van der Waals surface area (Å²) in [7, 11) is 1.84. The van der Waals surface area contributed by atoms with E-state index in [1.165, 1.54) is 0 Å². The lowest BCUT2D eigenvalue weighted by Crippen LogP contribution is -2.49. The molecule has 33 heavy (non-hydrogen) atoms. The Bertz CT molecular complexity index is 1040. The Morgan fingerprint density at radius 2 is 1.48 bits per heavy atom. The van der Waals surface area contributed by atoms with Gasteiger partial charge in [0.25, 0.3) is 5.91 Å². The molecular formula is C28H30N2O3. The highest BCUT2D eigenvalue weighted by Crippen LogP contribution is 2.31. The number of carbonyl (C=O) groups excluding carboxylic acids is 2. The van der Waals surface area contributed by atoms with E-state index in [1.807, 2.05) is 85.9 Å². The zero-order valence-corrected chi connectivity index (χ0v) is 19.0. The van der Waals surface area contributed by atoms with Crippen molar-refractivity contribution in [3.05, 3.63) is 102 Å². The van der Waals surface area contributed by atoms with Crippen molar-refractivity contribution < 1.29 is 14.3 Å². The van der Waals surface area contributed by atoms with E-state index in [4.69, 9.17) is 4.74 Å². The molecule has 1 aliphatic rings. The van der Waals surface area contributed by atoms with E-state index in [-0.39, 0.29) is 30.3 Å². The van der Waals surface area contributed by atoms with Gasteiger partial charge in [-0.05, 0) is 29.7 Å². The summed E-state index contributed by atoms with van der Waals surface area (Å²) in [6.07, 6.45) is 0.727. The topological polar surface area (TPSA) is 49.9 Å². The van der Waals surface area contributed by atoms with Crippen LogP contribution in [0.5, 0.6) is 5.75 Å². The van der Waals surface area contributed by atoms with Gasteiger partial charge in [0, 0.05) is 32.6 Å². The third-order valence-corrected chi connectivity index (χ3v) is 6.17. The molecule has 0 bridgehead atoms. The Labute approximate surface area is 195 Å². The molecule has 4 rings (SSSR count). The van der Waals surface area contributed by atoms with Crippen molar-refractivity contribution in [3.63, 3.8) is 0 Å². The van der Waals surface area contributed by atoms with Gasteiger partial charge >= 0.3 is 0 Å². The van der Waals surface area contributed by atoms with Crippen molar-refractivity contribution in [2.24, 2.45) is 5.92 Å². The second-order valence-electron chi connectivity index (χ2n) is 8.62. The molecule has 1 saturated heterocycles. The van der Waals surface area contributed by atoms with Gasteiger partial charge in [0.05, 0.1) is 5.92 Å². The summed E-state index contributed by atoms with van der Waals surface area (Å²) in [4.78, 5) is 30.0. The van der Waals surface area contributed by atoms with Gasteiger partial charge in [-0.2, -0.15) is 0 Å². The third kappa shape index (κ3) is 6.01. The predicted molar refractivity (Wildman–Crippen MR) is 129 cm³/mol. The van der Waals surface area contributed by atoms with Crippen molar-refractivity contribution in [2.75, 3.05) is 26.7 Å². The zero-order valence-electron chi connectivity index (χ0n) is 19.0. The number of benzene rings is 3. The van der Waals surface area contributed by atoms with Crippen LogP contribution >= 0.6 is 0 Å². The summed E-state index contributed by atoms with van der Waals surface area (Å²) < 4.78 is 5.70. The number of rotatable bonds is 7. The molecule has 3 aromatic rings. The first kappa shape index (κ1) is 22.6. The first-order valence-corrected chi connectivity index (χ1v) is 11.4. The van der Waals surface area contributed by atoms with E-state index in [2.05, 4.69) is 12.1 Å². The van der Waals surface area contributed by atoms with Gasteiger partial charge in [0.15, 0.2) is 6.61 Å². The summed E-state index contributed by atoms with van der Waals surface area (Å²) in [5.41, 5.74) is 2.25. The number of amides is 2. The molecule has 5 heteroatoms. The fourth-order valence-electron chi connectivity index (χ4n) is 4.45. The average Bonchev–Trinajstić information content (AvgIpc) is 2.88. The van der Waals surface area contributed by atoms with Crippen molar-refractivity contribution in [3.8, 4) is 5.75 Å². The number of para-hydroxylation sites is 1. The van der Waals surface area contributed by atoms with Crippen LogP contribution in [0.1, 0.15) is 23.5 Å². The lowest BCUT2D eigenvalue weighted by molar-refractivity contribution is -0.142. The van der Waals surface area contributed by atoms with Crippen molar-refractivity contribution in [1.82, 2.24) is 9.80 Å². The number of hydrogen-bond acceptors (Lipinski definition) is 3. The molecule has 0 spiro atoms. The minimum Gasteiger partial charge on any atom is -0.484 e. The largest absolute Gasteiger partial charge is 0.484 e. The van der Waals surface area contributed by atoms with E-state index >= 15 is 0 Å². The van der Waals surface area contributed by atoms with Gasteiger partial charge in [0.1, 0.15) is 5.75 Å². The highest BCUT2D eigenvalue weighted by molar-refractivity contribution is 5.82. The number of piperidine rings is 1. The Morgan fingerprint density at radius 1 is 0.879 bits per heavy atom. The third-order valence-electron chi connectivity index (χ3n) is 6.17. The number of nitrogens with zero attached hydrogens (tertiary/aromatic N) is 2. The van der Waals surface area contributed by atoms with Crippen LogP contribution in [-0.4, -0.2) is 48.4 Å². The number of hydrogen-bond donors (Lipinski definition) is 0. The Kier molecular flexibility index (Phi) is 7.40. The molecule has 170 valence electrons. The molecule has 1 aliphatic heterocycles. The molecule has 0 saturated carbocycles. The SMILES string of the molecule is CN(Cc1ccccc1)C(=O)C1CC(c2ccccc2)CN(C(=O)COc2ccccc2)C1. The van der Waals surface area contributed by atoms with E-state index in [0.717, 1.165) is 17.5 Å². The van der Waals surface area contributed by atoms with Gasteiger partial charge in [-0.25, -0.2) is 0 Å². The van der Waals surface area contributed by atoms with Gasteiger partial charge in [-0.3, -0.25) is 9.59 Å². The van der Waals surface area contributed by atoms with E-state index < -0.39 is 0 Å². The Balaban J connectivity index is 1.47. The van der Waals surface area contributed by atoms with E-state index in [0.29, 0.717) is 25.4 Å². The maximum absolute atomic E-state index is 13.4. The van der Waals surface area contributed by atoms with Crippen molar-refractivity contribution in [2.45, 2.75) is 18.9 Å². The minimum absolute atomic E-state index is 0.0354. The molecule has 1 fully saturated rings. The summed E-state index contributed by atoms with van der Waals surface area (Å²) >= 11 is 0. The Hall–Kier alpha value is -3.60.